The molecular formula is C14H23ClN4O3. The van der Waals surface area contributed by atoms with Gasteiger partial charge in [0.25, 0.3) is 5.69 Å². The van der Waals surface area contributed by atoms with Crippen LogP contribution in [-0.4, -0.2) is 61.3 Å². The smallest absolute Gasteiger partial charge is 0.292 e. The lowest BCUT2D eigenvalue weighted by molar-refractivity contribution is -0.383. The number of aliphatic hydroxyl groups is 1. The maximum atomic E-state index is 11.1. The first-order valence-corrected chi connectivity index (χ1v) is 7.18. The lowest BCUT2D eigenvalue weighted by atomic mass is 10.2. The highest BCUT2D eigenvalue weighted by molar-refractivity contribution is 5.85. The van der Waals surface area contributed by atoms with Gasteiger partial charge in [-0.05, 0) is 25.6 Å². The fourth-order valence-electron chi connectivity index (χ4n) is 2.39. The fourth-order valence-corrected chi connectivity index (χ4v) is 2.39. The van der Waals surface area contributed by atoms with Gasteiger partial charge in [-0.3, -0.25) is 10.1 Å². The average molecular weight is 331 g/mol. The molecule has 0 aromatic heterocycles. The van der Waals surface area contributed by atoms with E-state index in [1.54, 1.807) is 12.1 Å². The quantitative estimate of drug-likeness (QED) is 0.468. The summed E-state index contributed by atoms with van der Waals surface area (Å²) in [4.78, 5) is 15.2. The molecule has 1 aliphatic heterocycles. The molecule has 124 valence electrons. The van der Waals surface area contributed by atoms with Crippen LogP contribution in [0.1, 0.15) is 6.42 Å². The van der Waals surface area contributed by atoms with Crippen molar-refractivity contribution in [2.75, 3.05) is 56.6 Å². The number of hydrogen-bond donors (Lipinski definition) is 2. The predicted molar refractivity (Wildman–Crippen MR) is 90.2 cm³/mol. The Balaban J connectivity index is 0.00000242. The summed E-state index contributed by atoms with van der Waals surface area (Å²) in [7, 11) is 2.09. The van der Waals surface area contributed by atoms with E-state index in [1.165, 1.54) is 0 Å². The number of nitro benzene ring substituents is 1. The van der Waals surface area contributed by atoms with Crippen LogP contribution < -0.4 is 10.2 Å². The second kappa shape index (κ2) is 8.77. The Bertz CT molecular complexity index is 493. The van der Waals surface area contributed by atoms with Crippen LogP contribution in [0.15, 0.2) is 18.2 Å². The Labute approximate surface area is 136 Å². The molecule has 0 saturated carbocycles. The molecule has 0 bridgehead atoms. The van der Waals surface area contributed by atoms with E-state index in [9.17, 15) is 10.1 Å². The van der Waals surface area contributed by atoms with Gasteiger partial charge in [-0.25, -0.2) is 0 Å². The van der Waals surface area contributed by atoms with Gasteiger partial charge in [-0.1, -0.05) is 0 Å². The zero-order valence-corrected chi connectivity index (χ0v) is 13.5. The molecule has 0 unspecified atom stereocenters. The van der Waals surface area contributed by atoms with Crippen molar-refractivity contribution >= 4 is 29.5 Å². The van der Waals surface area contributed by atoms with E-state index >= 15 is 0 Å². The number of nitrogens with one attached hydrogen (secondary N) is 1. The largest absolute Gasteiger partial charge is 0.396 e. The third kappa shape index (κ3) is 4.72. The minimum Gasteiger partial charge on any atom is -0.396 e. The molecular weight excluding hydrogens is 308 g/mol. The molecule has 7 nitrogen and oxygen atoms in total. The second-order valence-corrected chi connectivity index (χ2v) is 5.25. The Kier molecular flexibility index (Phi) is 7.37. The van der Waals surface area contributed by atoms with Gasteiger partial charge in [0.05, 0.1) is 4.92 Å². The van der Waals surface area contributed by atoms with Crippen LogP contribution >= 0.6 is 12.4 Å². The molecule has 8 heteroatoms. The standard InChI is InChI=1S/C14H22N4O3.ClH/c1-16-6-8-17(9-7-16)12-3-4-14(18(20)21)13(11-12)15-5-2-10-19;/h3-4,11,15,19H,2,5-10H2,1H3;1H. The van der Waals surface area contributed by atoms with Gasteiger partial charge in [0.1, 0.15) is 5.69 Å². The Morgan fingerprint density at radius 3 is 2.59 bits per heavy atom. The molecule has 1 aliphatic rings. The van der Waals surface area contributed by atoms with Gasteiger partial charge < -0.3 is 20.2 Å². The van der Waals surface area contributed by atoms with Crippen molar-refractivity contribution < 1.29 is 10.0 Å². The number of anilines is 2. The molecule has 1 saturated heterocycles. The first-order valence-electron chi connectivity index (χ1n) is 7.18. The summed E-state index contributed by atoms with van der Waals surface area (Å²) < 4.78 is 0. The number of benzene rings is 1. The molecule has 2 rings (SSSR count). The van der Waals surface area contributed by atoms with Crippen molar-refractivity contribution in [2.24, 2.45) is 0 Å². The molecule has 0 spiro atoms. The first kappa shape index (κ1) is 18.5. The van der Waals surface area contributed by atoms with E-state index in [0.717, 1.165) is 31.9 Å². The molecule has 2 N–H and O–H groups in total. The summed E-state index contributed by atoms with van der Waals surface area (Å²) in [5, 5.41) is 22.9. The number of rotatable bonds is 6. The van der Waals surface area contributed by atoms with Crippen molar-refractivity contribution in [1.82, 2.24) is 4.90 Å². The summed E-state index contributed by atoms with van der Waals surface area (Å²) in [5.41, 5.74) is 1.59. The van der Waals surface area contributed by atoms with E-state index < -0.39 is 0 Å². The van der Waals surface area contributed by atoms with E-state index in [0.29, 0.717) is 18.7 Å². The third-order valence-electron chi connectivity index (χ3n) is 3.70. The lowest BCUT2D eigenvalue weighted by Crippen LogP contribution is -2.44. The van der Waals surface area contributed by atoms with Gasteiger partial charge in [0, 0.05) is 51.1 Å². The molecule has 0 amide bonds. The Morgan fingerprint density at radius 2 is 2.00 bits per heavy atom. The van der Waals surface area contributed by atoms with Crippen LogP contribution in [-0.2, 0) is 0 Å². The first-order chi connectivity index (χ1) is 10.1. The topological polar surface area (TPSA) is 81.9 Å². The van der Waals surface area contributed by atoms with Crippen LogP contribution in [0.5, 0.6) is 0 Å². The zero-order valence-electron chi connectivity index (χ0n) is 12.7. The van der Waals surface area contributed by atoms with Gasteiger partial charge in [0.2, 0.25) is 0 Å². The summed E-state index contributed by atoms with van der Waals surface area (Å²) in [6.45, 7) is 4.41. The SMILES string of the molecule is CN1CCN(c2ccc([N+](=O)[O-])c(NCCCO)c2)CC1.Cl. The van der Waals surface area contributed by atoms with Gasteiger partial charge in [-0.15, -0.1) is 12.4 Å². The maximum Gasteiger partial charge on any atom is 0.292 e. The van der Waals surface area contributed by atoms with Crippen LogP contribution in [0.25, 0.3) is 0 Å². The zero-order chi connectivity index (χ0) is 15.2. The third-order valence-corrected chi connectivity index (χ3v) is 3.70. The molecule has 1 aromatic carbocycles. The highest BCUT2D eigenvalue weighted by Gasteiger charge is 2.18. The number of hydrogen-bond acceptors (Lipinski definition) is 6. The molecule has 1 heterocycles. The van der Waals surface area contributed by atoms with E-state index in [2.05, 4.69) is 22.2 Å². The van der Waals surface area contributed by atoms with Crippen molar-refractivity contribution in [1.29, 1.82) is 0 Å². The maximum absolute atomic E-state index is 11.1. The Hall–Kier alpha value is -1.57. The van der Waals surface area contributed by atoms with Crippen molar-refractivity contribution in [3.05, 3.63) is 28.3 Å². The summed E-state index contributed by atoms with van der Waals surface area (Å²) in [6, 6.07) is 5.19. The number of aliphatic hydroxyl groups excluding tert-OH is 1. The normalized spacial score (nSPS) is 15.3. The van der Waals surface area contributed by atoms with Crippen LogP contribution in [0.3, 0.4) is 0 Å². The fraction of sp³-hybridized carbons (Fsp3) is 0.571. The highest BCUT2D eigenvalue weighted by Crippen LogP contribution is 2.30. The number of halogens is 1. The molecule has 22 heavy (non-hydrogen) atoms. The summed E-state index contributed by atoms with van der Waals surface area (Å²) >= 11 is 0. The second-order valence-electron chi connectivity index (χ2n) is 5.25. The predicted octanol–water partition coefficient (Wildman–Crippen LogP) is 1.56. The molecule has 1 fully saturated rings. The van der Waals surface area contributed by atoms with E-state index in [4.69, 9.17) is 5.11 Å². The number of piperazine rings is 1. The molecule has 0 aliphatic carbocycles. The Morgan fingerprint density at radius 1 is 1.32 bits per heavy atom. The summed E-state index contributed by atoms with van der Waals surface area (Å²) in [5.74, 6) is 0. The summed E-state index contributed by atoms with van der Waals surface area (Å²) in [6.07, 6.45) is 0.565. The van der Waals surface area contributed by atoms with Crippen LogP contribution in [0.2, 0.25) is 0 Å². The van der Waals surface area contributed by atoms with Gasteiger partial charge >= 0.3 is 0 Å². The molecule has 0 atom stereocenters. The van der Waals surface area contributed by atoms with Crippen molar-refractivity contribution in [2.45, 2.75) is 6.42 Å². The van der Waals surface area contributed by atoms with Gasteiger partial charge in [-0.2, -0.15) is 0 Å². The molecule has 0 radical (unpaired) electrons. The van der Waals surface area contributed by atoms with Gasteiger partial charge in [0.15, 0.2) is 0 Å². The minimum atomic E-state index is -0.380. The number of nitro groups is 1. The average Bonchev–Trinajstić information content (AvgIpc) is 2.48. The monoisotopic (exact) mass is 330 g/mol. The number of likely N-dealkylation sites (N-methyl/N-ethyl adjacent to an activating group) is 1. The number of nitrogens with zero attached hydrogens (tertiary/aromatic N) is 3. The minimum absolute atomic E-state index is 0. The van der Waals surface area contributed by atoms with Crippen LogP contribution in [0.4, 0.5) is 17.1 Å². The highest BCUT2D eigenvalue weighted by atomic mass is 35.5. The van der Waals surface area contributed by atoms with Crippen LogP contribution in [0, 0.1) is 10.1 Å². The molecule has 1 aromatic rings. The van der Waals surface area contributed by atoms with E-state index in [1.807, 2.05) is 6.07 Å². The van der Waals surface area contributed by atoms with Crippen molar-refractivity contribution in [3.8, 4) is 0 Å². The van der Waals surface area contributed by atoms with Crippen molar-refractivity contribution in [3.63, 3.8) is 0 Å². The lowest BCUT2D eigenvalue weighted by Gasteiger charge is -2.34. The van der Waals surface area contributed by atoms with E-state index in [-0.39, 0.29) is 29.6 Å².